The van der Waals surface area contributed by atoms with Crippen LogP contribution >= 0.6 is 11.8 Å². The lowest BCUT2D eigenvalue weighted by Gasteiger charge is -2.31. The van der Waals surface area contributed by atoms with E-state index >= 15 is 0 Å². The average molecular weight is 411 g/mol. The van der Waals surface area contributed by atoms with Crippen molar-refractivity contribution >= 4 is 39.1 Å². The summed E-state index contributed by atoms with van der Waals surface area (Å²) in [5.41, 5.74) is 0.521. The number of amides is 2. The molecule has 3 rings (SSSR count). The third-order valence-corrected chi connectivity index (χ3v) is 8.65. The minimum Gasteiger partial charge on any atom is -0.343 e. The second-order valence-electron chi connectivity index (χ2n) is 7.53. The normalized spacial score (nSPS) is 22.1. The number of nitrogens with zero attached hydrogens (tertiary/aromatic N) is 1. The zero-order valence-electron chi connectivity index (χ0n) is 15.9. The third kappa shape index (κ3) is 4.32. The Morgan fingerprint density at radius 3 is 2.63 bits per heavy atom. The predicted molar refractivity (Wildman–Crippen MR) is 107 cm³/mol. The molecule has 27 heavy (non-hydrogen) atoms. The summed E-state index contributed by atoms with van der Waals surface area (Å²) in [4.78, 5) is 27.1. The zero-order valence-corrected chi connectivity index (χ0v) is 17.5. The quantitative estimate of drug-likeness (QED) is 0.825. The highest BCUT2D eigenvalue weighted by atomic mass is 32.2. The molecule has 1 aromatic rings. The Bertz CT molecular complexity index is 845. The number of piperidine rings is 1. The largest absolute Gasteiger partial charge is 0.343 e. The smallest absolute Gasteiger partial charge is 0.237 e. The molecule has 8 heteroatoms. The maximum absolute atomic E-state index is 12.9. The van der Waals surface area contributed by atoms with E-state index in [9.17, 15) is 18.0 Å². The van der Waals surface area contributed by atoms with Gasteiger partial charge in [-0.15, -0.1) is 11.8 Å². The van der Waals surface area contributed by atoms with Gasteiger partial charge in [0.25, 0.3) is 0 Å². The van der Waals surface area contributed by atoms with Crippen LogP contribution in [0.15, 0.2) is 28.0 Å². The first-order chi connectivity index (χ1) is 12.7. The lowest BCUT2D eigenvalue weighted by molar-refractivity contribution is -0.132. The lowest BCUT2D eigenvalue weighted by atomic mass is 9.99. The summed E-state index contributed by atoms with van der Waals surface area (Å²) in [5.74, 6) is 0.375. The van der Waals surface area contributed by atoms with Crippen LogP contribution in [0.1, 0.15) is 40.0 Å². The summed E-state index contributed by atoms with van der Waals surface area (Å²) in [6.45, 7) is 6.96. The molecule has 0 bridgehead atoms. The van der Waals surface area contributed by atoms with Gasteiger partial charge in [0, 0.05) is 24.4 Å². The van der Waals surface area contributed by atoms with E-state index < -0.39 is 15.1 Å². The molecule has 1 saturated heterocycles. The predicted octanol–water partition coefficient (Wildman–Crippen LogP) is 2.93. The van der Waals surface area contributed by atoms with Crippen molar-refractivity contribution in [1.29, 1.82) is 0 Å². The van der Waals surface area contributed by atoms with Crippen LogP contribution in [0.25, 0.3) is 0 Å². The van der Waals surface area contributed by atoms with E-state index in [0.29, 0.717) is 24.7 Å². The highest BCUT2D eigenvalue weighted by molar-refractivity contribution is 8.01. The van der Waals surface area contributed by atoms with Crippen molar-refractivity contribution in [3.05, 3.63) is 18.2 Å². The fraction of sp³-hybridized carbons (Fsp3) is 0.579. The number of nitrogens with one attached hydrogen (secondary N) is 1. The van der Waals surface area contributed by atoms with Crippen molar-refractivity contribution in [3.8, 4) is 0 Å². The maximum atomic E-state index is 12.9. The first-order valence-electron chi connectivity index (χ1n) is 9.31. The van der Waals surface area contributed by atoms with Crippen LogP contribution in [0, 0.1) is 5.92 Å². The van der Waals surface area contributed by atoms with Crippen molar-refractivity contribution in [2.24, 2.45) is 5.92 Å². The highest BCUT2D eigenvalue weighted by Gasteiger charge is 2.31. The number of hydrogen-bond acceptors (Lipinski definition) is 5. The molecule has 1 N–H and O–H groups in total. The number of thioether (sulfide) groups is 1. The van der Waals surface area contributed by atoms with Crippen LogP contribution < -0.4 is 5.32 Å². The van der Waals surface area contributed by atoms with E-state index in [0.717, 1.165) is 17.7 Å². The number of carbonyl (C=O) groups excluding carboxylic acids is 2. The maximum Gasteiger partial charge on any atom is 0.237 e. The summed E-state index contributed by atoms with van der Waals surface area (Å²) < 4.78 is 25.9. The summed E-state index contributed by atoms with van der Waals surface area (Å²) >= 11 is 1.41. The van der Waals surface area contributed by atoms with Crippen LogP contribution in [0.3, 0.4) is 0 Å². The SMILES string of the molecule is CC1CCN(C(=O)C[C@H](C)S(=O)(=O)c2ccc3c(c2)NC(=O)[C@@H](C)S3)CC1. The minimum absolute atomic E-state index is 0.0219. The number of rotatable bonds is 4. The molecule has 2 aliphatic rings. The number of fused-ring (bicyclic) bond motifs is 1. The second-order valence-corrected chi connectivity index (χ2v) is 11.3. The molecule has 2 atom stereocenters. The number of sulfone groups is 1. The van der Waals surface area contributed by atoms with Crippen molar-refractivity contribution < 1.29 is 18.0 Å². The molecular formula is C19H26N2O4S2. The molecule has 0 unspecified atom stereocenters. The van der Waals surface area contributed by atoms with Crippen molar-refractivity contribution in [1.82, 2.24) is 4.90 Å². The lowest BCUT2D eigenvalue weighted by Crippen LogP contribution is -2.40. The van der Waals surface area contributed by atoms with Gasteiger partial charge in [-0.2, -0.15) is 0 Å². The van der Waals surface area contributed by atoms with Gasteiger partial charge in [0.15, 0.2) is 9.84 Å². The Morgan fingerprint density at radius 1 is 1.30 bits per heavy atom. The van der Waals surface area contributed by atoms with Crippen LogP contribution in [-0.2, 0) is 19.4 Å². The molecule has 0 spiro atoms. The standard InChI is InChI=1S/C19H26N2O4S2/c1-12-6-8-21(9-7-12)18(22)10-13(2)27(24,25)15-4-5-17-16(11-15)20-19(23)14(3)26-17/h4-5,11-14H,6-10H2,1-3H3,(H,20,23)/t13-,14+/m0/s1. The van der Waals surface area contributed by atoms with Crippen molar-refractivity contribution in [2.45, 2.75) is 60.3 Å². The Kier molecular flexibility index (Phi) is 5.86. The monoisotopic (exact) mass is 410 g/mol. The number of likely N-dealkylation sites (tertiary alicyclic amines) is 1. The average Bonchev–Trinajstić information content (AvgIpc) is 2.62. The van der Waals surface area contributed by atoms with Crippen LogP contribution in [0.4, 0.5) is 5.69 Å². The first kappa shape index (κ1) is 20.2. The topological polar surface area (TPSA) is 83.6 Å². The summed E-state index contributed by atoms with van der Waals surface area (Å²) in [7, 11) is -3.66. The van der Waals surface area contributed by atoms with Gasteiger partial charge in [-0.05, 0) is 50.8 Å². The van der Waals surface area contributed by atoms with Crippen molar-refractivity contribution in [2.75, 3.05) is 18.4 Å². The Labute approximate surface area is 165 Å². The summed E-state index contributed by atoms with van der Waals surface area (Å²) in [5, 5.41) is 1.74. The molecule has 0 aliphatic carbocycles. The number of hydrogen-bond donors (Lipinski definition) is 1. The Morgan fingerprint density at radius 2 is 1.96 bits per heavy atom. The molecular weight excluding hydrogens is 384 g/mol. The minimum atomic E-state index is -3.66. The molecule has 148 valence electrons. The van der Waals surface area contributed by atoms with E-state index in [1.54, 1.807) is 24.0 Å². The number of anilines is 1. The Balaban J connectivity index is 1.73. The molecule has 1 aromatic carbocycles. The molecule has 2 aliphatic heterocycles. The molecule has 0 aromatic heterocycles. The zero-order chi connectivity index (χ0) is 19.8. The van der Waals surface area contributed by atoms with Gasteiger partial charge >= 0.3 is 0 Å². The van der Waals surface area contributed by atoms with Gasteiger partial charge in [-0.1, -0.05) is 6.92 Å². The molecule has 2 heterocycles. The fourth-order valence-corrected chi connectivity index (χ4v) is 5.64. The Hall–Kier alpha value is -1.54. The summed E-state index contributed by atoms with van der Waals surface area (Å²) in [6, 6.07) is 4.79. The van der Waals surface area contributed by atoms with Crippen LogP contribution in [0.2, 0.25) is 0 Å². The van der Waals surface area contributed by atoms with Crippen molar-refractivity contribution in [3.63, 3.8) is 0 Å². The van der Waals surface area contributed by atoms with Gasteiger partial charge < -0.3 is 10.2 Å². The van der Waals surface area contributed by atoms with Crippen LogP contribution in [-0.4, -0.2) is 48.7 Å². The molecule has 6 nitrogen and oxygen atoms in total. The van der Waals surface area contributed by atoms with Gasteiger partial charge in [0.1, 0.15) is 0 Å². The molecule has 2 amide bonds. The van der Waals surface area contributed by atoms with Gasteiger partial charge in [-0.3, -0.25) is 9.59 Å². The van der Waals surface area contributed by atoms with E-state index in [1.165, 1.54) is 17.8 Å². The fourth-order valence-electron chi connectivity index (χ4n) is 3.34. The van der Waals surface area contributed by atoms with E-state index in [2.05, 4.69) is 12.2 Å². The highest BCUT2D eigenvalue weighted by Crippen LogP contribution is 2.37. The molecule has 1 fully saturated rings. The van der Waals surface area contributed by atoms with E-state index in [-0.39, 0.29) is 28.4 Å². The second kappa shape index (κ2) is 7.83. The number of benzene rings is 1. The number of carbonyl (C=O) groups is 2. The molecule has 0 saturated carbocycles. The van der Waals surface area contributed by atoms with Gasteiger partial charge in [-0.25, -0.2) is 8.42 Å². The van der Waals surface area contributed by atoms with Gasteiger partial charge in [0.05, 0.1) is 21.1 Å². The van der Waals surface area contributed by atoms with Gasteiger partial charge in [0.2, 0.25) is 11.8 Å². The first-order valence-corrected chi connectivity index (χ1v) is 11.7. The van der Waals surface area contributed by atoms with Crippen LogP contribution in [0.5, 0.6) is 0 Å². The molecule has 0 radical (unpaired) electrons. The van der Waals surface area contributed by atoms with E-state index in [4.69, 9.17) is 0 Å². The summed E-state index contributed by atoms with van der Waals surface area (Å²) in [6.07, 6.45) is 1.91. The van der Waals surface area contributed by atoms with E-state index in [1.807, 2.05) is 6.92 Å². The third-order valence-electron chi connectivity index (χ3n) is 5.34.